The number of nitrogens with one attached hydrogen (secondary N) is 1. The Morgan fingerprint density at radius 3 is 2.67 bits per heavy atom. The van der Waals surface area contributed by atoms with Crippen molar-refractivity contribution in [3.8, 4) is 0 Å². The Hall–Kier alpha value is -1.89. The maximum Gasteiger partial charge on any atom is 0.303 e. The van der Waals surface area contributed by atoms with Gasteiger partial charge in [0.25, 0.3) is 5.91 Å². The van der Waals surface area contributed by atoms with E-state index in [1.807, 2.05) is 0 Å². The number of rotatable bonds is 7. The van der Waals surface area contributed by atoms with Crippen LogP contribution in [0.25, 0.3) is 0 Å². The van der Waals surface area contributed by atoms with Gasteiger partial charge in [0.05, 0.1) is 5.56 Å². The molecule has 2 amide bonds. The van der Waals surface area contributed by atoms with E-state index in [1.54, 1.807) is 6.92 Å². The lowest BCUT2D eigenvalue weighted by atomic mass is 9.85. The van der Waals surface area contributed by atoms with E-state index in [0.717, 1.165) is 36.1 Å². The van der Waals surface area contributed by atoms with Crippen molar-refractivity contribution in [1.29, 1.82) is 0 Å². The number of aliphatic carboxylic acids is 1. The fourth-order valence-electron chi connectivity index (χ4n) is 3.22. The van der Waals surface area contributed by atoms with Gasteiger partial charge in [0.15, 0.2) is 0 Å². The minimum absolute atomic E-state index is 0.0603. The minimum Gasteiger partial charge on any atom is -0.481 e. The van der Waals surface area contributed by atoms with Crippen molar-refractivity contribution in [3.63, 3.8) is 0 Å². The lowest BCUT2D eigenvalue weighted by Gasteiger charge is -2.20. The first-order valence-corrected chi connectivity index (χ1v) is 9.09. The van der Waals surface area contributed by atoms with Gasteiger partial charge in [0.1, 0.15) is 5.00 Å². The molecule has 1 aliphatic rings. The van der Waals surface area contributed by atoms with Crippen molar-refractivity contribution in [2.45, 2.75) is 52.4 Å². The van der Waals surface area contributed by atoms with Crippen molar-refractivity contribution in [1.82, 2.24) is 0 Å². The highest BCUT2D eigenvalue weighted by Gasteiger charge is 2.28. The molecule has 2 atom stereocenters. The molecule has 6 nitrogen and oxygen atoms in total. The monoisotopic (exact) mass is 352 g/mol. The van der Waals surface area contributed by atoms with E-state index in [0.29, 0.717) is 16.5 Å². The Morgan fingerprint density at radius 2 is 2.08 bits per heavy atom. The average Bonchev–Trinajstić information content (AvgIpc) is 2.82. The molecule has 132 valence electrons. The Labute approximate surface area is 145 Å². The van der Waals surface area contributed by atoms with Crippen LogP contribution < -0.4 is 11.1 Å². The van der Waals surface area contributed by atoms with Gasteiger partial charge < -0.3 is 16.2 Å². The molecule has 0 aliphatic heterocycles. The van der Waals surface area contributed by atoms with E-state index >= 15 is 0 Å². The molecule has 0 spiro atoms. The van der Waals surface area contributed by atoms with Gasteiger partial charge in [-0.15, -0.1) is 11.3 Å². The summed E-state index contributed by atoms with van der Waals surface area (Å²) in [5.74, 6) is -1.38. The smallest absolute Gasteiger partial charge is 0.303 e. The fourth-order valence-corrected chi connectivity index (χ4v) is 4.60. The quantitative estimate of drug-likeness (QED) is 0.701. The van der Waals surface area contributed by atoms with Crippen molar-refractivity contribution < 1.29 is 19.5 Å². The molecule has 0 bridgehead atoms. The number of carbonyl (C=O) groups is 3. The molecule has 2 rings (SSSR count). The van der Waals surface area contributed by atoms with Crippen molar-refractivity contribution >= 4 is 34.1 Å². The van der Waals surface area contributed by atoms with E-state index in [-0.39, 0.29) is 24.7 Å². The predicted molar refractivity (Wildman–Crippen MR) is 93.3 cm³/mol. The molecule has 0 unspecified atom stereocenters. The number of fused-ring (bicyclic) bond motifs is 1. The topological polar surface area (TPSA) is 109 Å². The summed E-state index contributed by atoms with van der Waals surface area (Å²) in [5, 5.41) is 12.1. The molecular weight excluding hydrogens is 328 g/mol. The third-order valence-corrected chi connectivity index (χ3v) is 5.67. The zero-order chi connectivity index (χ0) is 17.9. The number of hydrogen-bond donors (Lipinski definition) is 3. The van der Waals surface area contributed by atoms with Gasteiger partial charge >= 0.3 is 5.97 Å². The van der Waals surface area contributed by atoms with Crippen LogP contribution in [0.2, 0.25) is 0 Å². The molecule has 0 radical (unpaired) electrons. The van der Waals surface area contributed by atoms with E-state index in [1.165, 1.54) is 11.3 Å². The number of amides is 2. The summed E-state index contributed by atoms with van der Waals surface area (Å²) in [6.45, 7) is 3.87. The highest BCUT2D eigenvalue weighted by atomic mass is 32.1. The van der Waals surface area contributed by atoms with Crippen LogP contribution in [0.1, 0.15) is 60.3 Å². The first-order chi connectivity index (χ1) is 11.3. The SMILES string of the molecule is CC[C@H]1CCc2c(sc(NC(=O)C[C@H](C)CC(=O)O)c2C(N)=O)C1. The Balaban J connectivity index is 2.15. The molecule has 1 aliphatic carbocycles. The van der Waals surface area contributed by atoms with E-state index < -0.39 is 11.9 Å². The largest absolute Gasteiger partial charge is 0.481 e. The molecule has 7 heteroatoms. The molecular formula is C17H24N2O4S. The summed E-state index contributed by atoms with van der Waals surface area (Å²) >= 11 is 1.43. The van der Waals surface area contributed by atoms with E-state index in [2.05, 4.69) is 12.2 Å². The maximum absolute atomic E-state index is 12.2. The van der Waals surface area contributed by atoms with Crippen LogP contribution in [0.3, 0.4) is 0 Å². The van der Waals surface area contributed by atoms with Crippen LogP contribution in [0, 0.1) is 11.8 Å². The van der Waals surface area contributed by atoms with Gasteiger partial charge in [0.2, 0.25) is 5.91 Å². The second kappa shape index (κ2) is 7.79. The molecule has 0 saturated carbocycles. The Kier molecular flexibility index (Phi) is 5.99. The zero-order valence-electron chi connectivity index (χ0n) is 14.1. The molecule has 1 aromatic rings. The van der Waals surface area contributed by atoms with Crippen molar-refractivity contribution in [2.75, 3.05) is 5.32 Å². The first kappa shape index (κ1) is 18.4. The summed E-state index contributed by atoms with van der Waals surface area (Å²) in [6, 6.07) is 0. The second-order valence-electron chi connectivity index (χ2n) is 6.54. The van der Waals surface area contributed by atoms with Gasteiger partial charge in [-0.3, -0.25) is 14.4 Å². The highest BCUT2D eigenvalue weighted by Crippen LogP contribution is 2.40. The summed E-state index contributed by atoms with van der Waals surface area (Å²) < 4.78 is 0. The molecule has 24 heavy (non-hydrogen) atoms. The van der Waals surface area contributed by atoms with Gasteiger partial charge in [-0.05, 0) is 36.7 Å². The van der Waals surface area contributed by atoms with Crippen molar-refractivity contribution in [3.05, 3.63) is 16.0 Å². The van der Waals surface area contributed by atoms with E-state index in [9.17, 15) is 14.4 Å². The van der Waals surface area contributed by atoms with Crippen molar-refractivity contribution in [2.24, 2.45) is 17.6 Å². The van der Waals surface area contributed by atoms with Crippen LogP contribution in [-0.4, -0.2) is 22.9 Å². The van der Waals surface area contributed by atoms with Crippen LogP contribution >= 0.6 is 11.3 Å². The average molecular weight is 352 g/mol. The lowest BCUT2D eigenvalue weighted by molar-refractivity contribution is -0.138. The number of carboxylic acid groups (broad SMARTS) is 1. The zero-order valence-corrected chi connectivity index (χ0v) is 14.9. The Bertz CT molecular complexity index is 653. The van der Waals surface area contributed by atoms with E-state index in [4.69, 9.17) is 10.8 Å². The number of hydrogen-bond acceptors (Lipinski definition) is 4. The summed E-state index contributed by atoms with van der Waals surface area (Å²) in [4.78, 5) is 35.8. The molecule has 4 N–H and O–H groups in total. The molecule has 0 fully saturated rings. The van der Waals surface area contributed by atoms with Crippen LogP contribution in [0.15, 0.2) is 0 Å². The molecule has 1 aromatic heterocycles. The van der Waals surface area contributed by atoms with Crippen LogP contribution in [0.5, 0.6) is 0 Å². The number of carboxylic acids is 1. The standard InChI is InChI=1S/C17H24N2O4S/c1-3-10-4-5-11-12(8-10)24-17(15(11)16(18)23)19-13(20)6-9(2)7-14(21)22/h9-10H,3-8H2,1-2H3,(H2,18,23)(H,19,20)(H,21,22)/t9-,10-/m0/s1. The number of nitrogens with two attached hydrogens (primary N) is 1. The highest BCUT2D eigenvalue weighted by molar-refractivity contribution is 7.17. The number of anilines is 1. The van der Waals surface area contributed by atoms with Crippen LogP contribution in [0.4, 0.5) is 5.00 Å². The Morgan fingerprint density at radius 1 is 1.38 bits per heavy atom. The summed E-state index contributed by atoms with van der Waals surface area (Å²) in [7, 11) is 0. The third-order valence-electron chi connectivity index (χ3n) is 4.50. The number of thiophene rings is 1. The minimum atomic E-state index is -0.926. The predicted octanol–water partition coefficient (Wildman–Crippen LogP) is 2.80. The molecule has 0 saturated heterocycles. The van der Waals surface area contributed by atoms with Gasteiger partial charge in [-0.2, -0.15) is 0 Å². The lowest BCUT2D eigenvalue weighted by Crippen LogP contribution is -2.21. The first-order valence-electron chi connectivity index (χ1n) is 8.27. The number of carbonyl (C=O) groups excluding carboxylic acids is 2. The van der Waals surface area contributed by atoms with Gasteiger partial charge in [-0.25, -0.2) is 0 Å². The molecule has 1 heterocycles. The summed E-state index contributed by atoms with van der Waals surface area (Å²) in [6.07, 6.45) is 3.90. The summed E-state index contributed by atoms with van der Waals surface area (Å²) in [5.41, 5.74) is 6.94. The number of primary amides is 1. The van der Waals surface area contributed by atoms with Gasteiger partial charge in [-0.1, -0.05) is 20.3 Å². The van der Waals surface area contributed by atoms with Crippen LogP contribution in [-0.2, 0) is 22.4 Å². The second-order valence-corrected chi connectivity index (χ2v) is 7.65. The normalized spacial score (nSPS) is 17.8. The molecule has 0 aromatic carbocycles. The fraction of sp³-hybridized carbons (Fsp3) is 0.588. The maximum atomic E-state index is 12.2. The van der Waals surface area contributed by atoms with Gasteiger partial charge in [0, 0.05) is 17.7 Å². The third kappa shape index (κ3) is 4.35.